The van der Waals surface area contributed by atoms with Crippen LogP contribution in [0.2, 0.25) is 0 Å². The van der Waals surface area contributed by atoms with Crippen LogP contribution in [-0.4, -0.2) is 16.2 Å². The normalized spacial score (nSPS) is 13.6. The number of hydrogen-bond donors (Lipinski definition) is 3. The topological polar surface area (TPSA) is 53.3 Å². The number of nitrogens with two attached hydrogens (primary N) is 1. The molecule has 0 atom stereocenters. The molecule has 0 aliphatic heterocycles. The molecule has 0 rings (SSSR count). The van der Waals surface area contributed by atoms with Gasteiger partial charge in [0.15, 0.2) is 0 Å². The molecule has 0 amide bonds. The minimum atomic E-state index is -0.0894. The molecule has 92 valence electrons. The van der Waals surface area contributed by atoms with E-state index >= 15 is 0 Å². The predicted molar refractivity (Wildman–Crippen MR) is 65.7 cm³/mol. The van der Waals surface area contributed by atoms with E-state index in [0.29, 0.717) is 0 Å². The molecule has 0 aliphatic rings. The van der Waals surface area contributed by atoms with Gasteiger partial charge in [-0.15, -0.1) is 0 Å². The molecular formula is C11H28N4. The van der Waals surface area contributed by atoms with E-state index in [1.807, 2.05) is 0 Å². The fourth-order valence-electron chi connectivity index (χ4n) is 1.06. The zero-order chi connectivity index (χ0) is 12.1. The third-order valence-corrected chi connectivity index (χ3v) is 2.39. The largest absolute Gasteiger partial charge is 0.253 e. The summed E-state index contributed by atoms with van der Waals surface area (Å²) in [6.45, 7) is 12.7. The predicted octanol–water partition coefficient (Wildman–Crippen LogP) is 1.94. The number of hydrogen-bond acceptors (Lipinski definition) is 4. The van der Waals surface area contributed by atoms with Gasteiger partial charge < -0.3 is 0 Å². The number of nitrogens with one attached hydrogen (secondary N) is 2. The summed E-state index contributed by atoms with van der Waals surface area (Å²) in [7, 11) is 0. The van der Waals surface area contributed by atoms with E-state index in [4.69, 9.17) is 5.84 Å². The smallest absolute Gasteiger partial charge is 0.0436 e. The van der Waals surface area contributed by atoms with Crippen LogP contribution in [0.4, 0.5) is 0 Å². The molecule has 0 saturated carbocycles. The number of nitrogens with zero attached hydrogens (tertiary/aromatic N) is 1. The van der Waals surface area contributed by atoms with Crippen molar-refractivity contribution in [3.05, 3.63) is 0 Å². The molecule has 0 aromatic carbocycles. The van der Waals surface area contributed by atoms with E-state index in [-0.39, 0.29) is 11.1 Å². The Labute approximate surface area is 94.5 Å². The summed E-state index contributed by atoms with van der Waals surface area (Å²) in [5.41, 5.74) is 6.26. The van der Waals surface area contributed by atoms with Crippen LogP contribution >= 0.6 is 0 Å². The number of unbranched alkanes of at least 4 members (excludes halogenated alkanes) is 1. The van der Waals surface area contributed by atoms with Crippen molar-refractivity contribution >= 4 is 0 Å². The van der Waals surface area contributed by atoms with E-state index in [1.165, 1.54) is 12.8 Å². The second-order valence-corrected chi connectivity index (χ2v) is 5.77. The molecule has 0 fully saturated rings. The zero-order valence-electron chi connectivity index (χ0n) is 11.1. The van der Waals surface area contributed by atoms with E-state index in [0.717, 1.165) is 6.42 Å². The summed E-state index contributed by atoms with van der Waals surface area (Å²) in [6, 6.07) is 0. The van der Waals surface area contributed by atoms with Crippen molar-refractivity contribution in [3.8, 4) is 0 Å². The van der Waals surface area contributed by atoms with Crippen molar-refractivity contribution in [1.82, 2.24) is 16.1 Å². The van der Waals surface area contributed by atoms with Crippen LogP contribution < -0.4 is 16.8 Å². The van der Waals surface area contributed by atoms with Crippen molar-refractivity contribution in [2.75, 3.05) is 0 Å². The molecular weight excluding hydrogens is 188 g/mol. The van der Waals surface area contributed by atoms with Gasteiger partial charge in [0.1, 0.15) is 0 Å². The Morgan fingerprint density at radius 3 is 2.07 bits per heavy atom. The maximum Gasteiger partial charge on any atom is 0.0436 e. The Morgan fingerprint density at radius 2 is 1.67 bits per heavy atom. The Bertz CT molecular complexity index is 172. The van der Waals surface area contributed by atoms with Gasteiger partial charge in [-0.1, -0.05) is 19.8 Å². The summed E-state index contributed by atoms with van der Waals surface area (Å²) in [5.74, 6) is 5.85. The highest BCUT2D eigenvalue weighted by Crippen LogP contribution is 2.12. The maximum atomic E-state index is 5.85. The summed E-state index contributed by atoms with van der Waals surface area (Å²) in [5, 5.41) is 1.60. The number of hydrazine groups is 3. The van der Waals surface area contributed by atoms with Gasteiger partial charge in [0, 0.05) is 11.1 Å². The molecule has 0 heterocycles. The van der Waals surface area contributed by atoms with Crippen molar-refractivity contribution in [3.63, 3.8) is 0 Å². The SMILES string of the molecule is CCCCC(C)(C)NNN(N)C(C)(C)C. The van der Waals surface area contributed by atoms with Crippen molar-refractivity contribution in [2.24, 2.45) is 5.84 Å². The van der Waals surface area contributed by atoms with Gasteiger partial charge >= 0.3 is 0 Å². The standard InChI is InChI=1S/C11H28N4/c1-7-8-9-11(5,6)13-14-15(12)10(2,3)4/h13-14H,7-9,12H2,1-6H3. The lowest BCUT2D eigenvalue weighted by Crippen LogP contribution is -2.63. The summed E-state index contributed by atoms with van der Waals surface area (Å²) in [4.78, 5) is 0. The molecule has 0 aromatic rings. The average Bonchev–Trinajstić information content (AvgIpc) is 2.09. The fraction of sp³-hybridized carbons (Fsp3) is 1.00. The third-order valence-electron chi connectivity index (χ3n) is 2.39. The molecule has 15 heavy (non-hydrogen) atoms. The minimum absolute atomic E-state index is 0.0683. The van der Waals surface area contributed by atoms with E-state index < -0.39 is 0 Å². The van der Waals surface area contributed by atoms with Crippen LogP contribution in [0.15, 0.2) is 0 Å². The molecule has 4 nitrogen and oxygen atoms in total. The van der Waals surface area contributed by atoms with E-state index in [1.54, 1.807) is 5.12 Å². The molecule has 0 radical (unpaired) electrons. The first-order chi connectivity index (χ1) is 6.69. The molecule has 0 saturated heterocycles. The van der Waals surface area contributed by atoms with Crippen LogP contribution in [0.1, 0.15) is 60.8 Å². The van der Waals surface area contributed by atoms with Crippen LogP contribution in [0.5, 0.6) is 0 Å². The summed E-state index contributed by atoms with van der Waals surface area (Å²) in [6.07, 6.45) is 3.58. The second-order valence-electron chi connectivity index (χ2n) is 5.77. The molecule has 0 unspecified atom stereocenters. The zero-order valence-corrected chi connectivity index (χ0v) is 11.1. The molecule has 0 spiro atoms. The van der Waals surface area contributed by atoms with Gasteiger partial charge in [-0.2, -0.15) is 10.7 Å². The molecule has 0 aromatic heterocycles. The van der Waals surface area contributed by atoms with Crippen molar-refractivity contribution in [1.29, 1.82) is 0 Å². The van der Waals surface area contributed by atoms with Gasteiger partial charge in [-0.3, -0.25) is 5.84 Å². The second kappa shape index (κ2) is 5.80. The lowest BCUT2D eigenvalue weighted by atomic mass is 9.99. The molecule has 4 N–H and O–H groups in total. The van der Waals surface area contributed by atoms with Gasteiger partial charge in [0.2, 0.25) is 0 Å². The number of rotatable bonds is 6. The quantitative estimate of drug-likeness (QED) is 0.469. The van der Waals surface area contributed by atoms with Crippen molar-refractivity contribution < 1.29 is 0 Å². The Morgan fingerprint density at radius 1 is 1.13 bits per heavy atom. The summed E-state index contributed by atoms with van der Waals surface area (Å²) < 4.78 is 0. The Balaban J connectivity index is 3.92. The summed E-state index contributed by atoms with van der Waals surface area (Å²) >= 11 is 0. The minimum Gasteiger partial charge on any atom is -0.253 e. The molecule has 0 bridgehead atoms. The van der Waals surface area contributed by atoms with Gasteiger partial charge in [-0.05, 0) is 41.0 Å². The molecule has 0 aliphatic carbocycles. The van der Waals surface area contributed by atoms with Crippen molar-refractivity contribution in [2.45, 2.75) is 71.9 Å². The lowest BCUT2D eigenvalue weighted by Gasteiger charge is -2.35. The lowest BCUT2D eigenvalue weighted by molar-refractivity contribution is 0.0292. The Kier molecular flexibility index (Phi) is 5.73. The first-order valence-corrected chi connectivity index (χ1v) is 5.77. The first-order valence-electron chi connectivity index (χ1n) is 5.77. The van der Waals surface area contributed by atoms with Crippen LogP contribution in [0.3, 0.4) is 0 Å². The van der Waals surface area contributed by atoms with Gasteiger partial charge in [0.05, 0.1) is 0 Å². The van der Waals surface area contributed by atoms with Crippen LogP contribution in [0, 0.1) is 0 Å². The molecule has 4 heteroatoms. The average molecular weight is 216 g/mol. The van der Waals surface area contributed by atoms with Gasteiger partial charge in [0.25, 0.3) is 0 Å². The monoisotopic (exact) mass is 216 g/mol. The van der Waals surface area contributed by atoms with E-state index in [2.05, 4.69) is 52.5 Å². The van der Waals surface area contributed by atoms with Gasteiger partial charge in [-0.25, -0.2) is 5.43 Å². The highest BCUT2D eigenvalue weighted by atomic mass is 15.8. The third kappa shape index (κ3) is 6.84. The maximum absolute atomic E-state index is 5.85. The Hall–Kier alpha value is -0.160. The highest BCUT2D eigenvalue weighted by Gasteiger charge is 2.21. The van der Waals surface area contributed by atoms with Crippen LogP contribution in [0.25, 0.3) is 0 Å². The highest BCUT2D eigenvalue weighted by molar-refractivity contribution is 4.75. The van der Waals surface area contributed by atoms with Crippen LogP contribution in [-0.2, 0) is 0 Å². The fourth-order valence-corrected chi connectivity index (χ4v) is 1.06. The van der Waals surface area contributed by atoms with E-state index in [9.17, 15) is 0 Å². The first kappa shape index (κ1) is 14.8.